The molecule has 2 rings (SSSR count). The van der Waals surface area contributed by atoms with E-state index >= 15 is 0 Å². The minimum Gasteiger partial charge on any atom is -0.478 e. The molecule has 0 saturated carbocycles. The fourth-order valence-electron chi connectivity index (χ4n) is 2.28. The summed E-state index contributed by atoms with van der Waals surface area (Å²) in [5.74, 6) is -0.970. The minimum atomic E-state index is -3.73. The van der Waals surface area contributed by atoms with E-state index < -0.39 is 16.0 Å². The lowest BCUT2D eigenvalue weighted by molar-refractivity contribution is 0.0696. The number of hydrogen-bond acceptors (Lipinski definition) is 4. The zero-order valence-corrected chi connectivity index (χ0v) is 12.9. The van der Waals surface area contributed by atoms with Crippen LogP contribution in [0.2, 0.25) is 0 Å². The molecule has 1 heterocycles. The third-order valence-electron chi connectivity index (χ3n) is 3.74. The van der Waals surface area contributed by atoms with Gasteiger partial charge in [0.1, 0.15) is 0 Å². The topological polar surface area (TPSA) is 92.7 Å². The van der Waals surface area contributed by atoms with Crippen LogP contribution in [0.25, 0.3) is 0 Å². The number of carbonyl (C=O) groups is 1. The first-order valence-corrected chi connectivity index (χ1v) is 8.21. The van der Waals surface area contributed by atoms with Gasteiger partial charge in [0.15, 0.2) is 0 Å². The van der Waals surface area contributed by atoms with Gasteiger partial charge < -0.3 is 9.84 Å². The fraction of sp³-hybridized carbons (Fsp3) is 0.500. The van der Waals surface area contributed by atoms with E-state index in [-0.39, 0.29) is 16.4 Å². The van der Waals surface area contributed by atoms with Crippen molar-refractivity contribution in [3.8, 4) is 0 Å². The van der Waals surface area contributed by atoms with E-state index in [0.29, 0.717) is 30.9 Å². The van der Waals surface area contributed by atoms with Gasteiger partial charge >= 0.3 is 5.97 Å². The SMILES string of the molecule is Cc1cc(C(=O)O)cc(S(=O)(=O)NCC2CCOC2)c1C. The molecule has 0 aliphatic carbocycles. The van der Waals surface area contributed by atoms with Crippen molar-refractivity contribution in [2.24, 2.45) is 5.92 Å². The molecule has 1 saturated heterocycles. The van der Waals surface area contributed by atoms with Crippen molar-refractivity contribution in [2.45, 2.75) is 25.2 Å². The van der Waals surface area contributed by atoms with Gasteiger partial charge in [-0.25, -0.2) is 17.9 Å². The number of hydrogen-bond donors (Lipinski definition) is 2. The second kappa shape index (κ2) is 6.13. The van der Waals surface area contributed by atoms with Crippen molar-refractivity contribution in [1.82, 2.24) is 4.72 Å². The van der Waals surface area contributed by atoms with Gasteiger partial charge in [-0.05, 0) is 49.4 Å². The normalized spacial score (nSPS) is 18.9. The van der Waals surface area contributed by atoms with Crippen molar-refractivity contribution in [1.29, 1.82) is 0 Å². The zero-order valence-electron chi connectivity index (χ0n) is 12.0. The van der Waals surface area contributed by atoms with Gasteiger partial charge in [-0.15, -0.1) is 0 Å². The molecule has 2 N–H and O–H groups in total. The molecule has 0 amide bonds. The highest BCUT2D eigenvalue weighted by Gasteiger charge is 2.23. The monoisotopic (exact) mass is 313 g/mol. The highest BCUT2D eigenvalue weighted by atomic mass is 32.2. The average Bonchev–Trinajstić information content (AvgIpc) is 2.92. The Balaban J connectivity index is 2.27. The number of aromatic carboxylic acids is 1. The number of carboxylic acids is 1. The molecule has 0 aromatic heterocycles. The number of rotatable bonds is 5. The smallest absolute Gasteiger partial charge is 0.335 e. The predicted molar refractivity (Wildman–Crippen MR) is 77.0 cm³/mol. The molecule has 1 atom stereocenters. The van der Waals surface area contributed by atoms with Crippen LogP contribution < -0.4 is 4.72 Å². The summed E-state index contributed by atoms with van der Waals surface area (Å²) in [5.41, 5.74) is 1.18. The minimum absolute atomic E-state index is 0.0253. The van der Waals surface area contributed by atoms with Crippen LogP contribution in [0.3, 0.4) is 0 Å². The van der Waals surface area contributed by atoms with E-state index in [1.165, 1.54) is 12.1 Å². The molecule has 116 valence electrons. The van der Waals surface area contributed by atoms with Gasteiger partial charge in [0, 0.05) is 13.2 Å². The van der Waals surface area contributed by atoms with Crippen molar-refractivity contribution in [3.05, 3.63) is 28.8 Å². The van der Waals surface area contributed by atoms with Crippen LogP contribution in [-0.4, -0.2) is 39.3 Å². The van der Waals surface area contributed by atoms with Gasteiger partial charge in [0.05, 0.1) is 17.1 Å². The lowest BCUT2D eigenvalue weighted by Gasteiger charge is -2.14. The Bertz CT molecular complexity index is 648. The molecule has 0 spiro atoms. The van der Waals surface area contributed by atoms with E-state index in [4.69, 9.17) is 9.84 Å². The zero-order chi connectivity index (χ0) is 15.6. The molecule has 21 heavy (non-hydrogen) atoms. The number of ether oxygens (including phenoxy) is 1. The standard InChI is InChI=1S/C14H19NO5S/c1-9-5-12(14(16)17)6-13(10(9)2)21(18,19)15-7-11-3-4-20-8-11/h5-6,11,15H,3-4,7-8H2,1-2H3,(H,16,17). The summed E-state index contributed by atoms with van der Waals surface area (Å²) in [5, 5.41) is 9.06. The molecule has 7 heteroatoms. The summed E-state index contributed by atoms with van der Waals surface area (Å²) >= 11 is 0. The summed E-state index contributed by atoms with van der Waals surface area (Å²) < 4.78 is 32.5. The molecule has 1 unspecified atom stereocenters. The number of benzene rings is 1. The molecule has 1 aliphatic rings. The second-order valence-corrected chi connectivity index (χ2v) is 7.04. The molecule has 6 nitrogen and oxygen atoms in total. The van der Waals surface area contributed by atoms with Crippen LogP contribution >= 0.6 is 0 Å². The van der Waals surface area contributed by atoms with Crippen LogP contribution in [0.15, 0.2) is 17.0 Å². The molecule has 0 radical (unpaired) electrons. The summed E-state index contributed by atoms with van der Waals surface area (Å²) in [6, 6.07) is 2.68. The van der Waals surface area contributed by atoms with E-state index in [1.54, 1.807) is 13.8 Å². The molecule has 1 aromatic rings. The molecule has 1 fully saturated rings. The van der Waals surface area contributed by atoms with Crippen molar-refractivity contribution in [2.75, 3.05) is 19.8 Å². The number of nitrogens with one attached hydrogen (secondary N) is 1. The molecular weight excluding hydrogens is 294 g/mol. The van der Waals surface area contributed by atoms with Crippen LogP contribution in [0, 0.1) is 19.8 Å². The van der Waals surface area contributed by atoms with Gasteiger partial charge in [-0.3, -0.25) is 0 Å². The van der Waals surface area contributed by atoms with Gasteiger partial charge in [0.25, 0.3) is 0 Å². The maximum absolute atomic E-state index is 12.4. The third-order valence-corrected chi connectivity index (χ3v) is 5.29. The van der Waals surface area contributed by atoms with E-state index in [2.05, 4.69) is 4.72 Å². The maximum Gasteiger partial charge on any atom is 0.335 e. The van der Waals surface area contributed by atoms with Gasteiger partial charge in [-0.2, -0.15) is 0 Å². The Labute approximate surface area is 124 Å². The molecule has 1 aromatic carbocycles. The highest BCUT2D eigenvalue weighted by molar-refractivity contribution is 7.89. The first-order valence-electron chi connectivity index (χ1n) is 6.73. The van der Waals surface area contributed by atoms with Gasteiger partial charge in [0.2, 0.25) is 10.0 Å². The van der Waals surface area contributed by atoms with Crippen molar-refractivity contribution in [3.63, 3.8) is 0 Å². The number of aryl methyl sites for hydroxylation is 1. The Kier molecular flexibility index (Phi) is 4.65. The Morgan fingerprint density at radius 1 is 1.43 bits per heavy atom. The van der Waals surface area contributed by atoms with Crippen LogP contribution in [0.1, 0.15) is 27.9 Å². The molecule has 0 bridgehead atoms. The predicted octanol–water partition coefficient (Wildman–Crippen LogP) is 1.32. The lowest BCUT2D eigenvalue weighted by atomic mass is 10.1. The average molecular weight is 313 g/mol. The van der Waals surface area contributed by atoms with Crippen LogP contribution in [0.4, 0.5) is 0 Å². The first kappa shape index (κ1) is 15.9. The quantitative estimate of drug-likeness (QED) is 0.855. The van der Waals surface area contributed by atoms with E-state index in [1.807, 2.05) is 0 Å². The first-order chi connectivity index (χ1) is 9.81. The highest BCUT2D eigenvalue weighted by Crippen LogP contribution is 2.22. The summed E-state index contributed by atoms with van der Waals surface area (Å²) in [7, 11) is -3.73. The van der Waals surface area contributed by atoms with Crippen LogP contribution in [-0.2, 0) is 14.8 Å². The lowest BCUT2D eigenvalue weighted by Crippen LogP contribution is -2.30. The third kappa shape index (κ3) is 3.61. The largest absolute Gasteiger partial charge is 0.478 e. The maximum atomic E-state index is 12.4. The Morgan fingerprint density at radius 2 is 2.14 bits per heavy atom. The number of sulfonamides is 1. The van der Waals surface area contributed by atoms with Gasteiger partial charge in [-0.1, -0.05) is 0 Å². The Hall–Kier alpha value is -1.44. The summed E-state index contributed by atoms with van der Waals surface area (Å²) in [6.45, 7) is 4.88. The second-order valence-electron chi connectivity index (χ2n) is 5.30. The summed E-state index contributed by atoms with van der Waals surface area (Å²) in [6.07, 6.45) is 0.829. The van der Waals surface area contributed by atoms with Crippen LogP contribution in [0.5, 0.6) is 0 Å². The fourth-order valence-corrected chi connectivity index (χ4v) is 3.74. The molecular formula is C14H19NO5S. The van der Waals surface area contributed by atoms with E-state index in [9.17, 15) is 13.2 Å². The molecule has 1 aliphatic heterocycles. The summed E-state index contributed by atoms with van der Waals surface area (Å²) in [4.78, 5) is 11.1. The Morgan fingerprint density at radius 3 is 2.71 bits per heavy atom. The van der Waals surface area contributed by atoms with Crippen molar-refractivity contribution >= 4 is 16.0 Å². The number of carboxylic acid groups (broad SMARTS) is 1. The van der Waals surface area contributed by atoms with E-state index in [0.717, 1.165) is 6.42 Å². The van der Waals surface area contributed by atoms with Crippen molar-refractivity contribution < 1.29 is 23.1 Å².